The second-order valence-corrected chi connectivity index (χ2v) is 9.39. The Bertz CT molecular complexity index is 996. The van der Waals surface area contributed by atoms with Gasteiger partial charge in [0.15, 0.2) is 5.16 Å². The predicted octanol–water partition coefficient (Wildman–Crippen LogP) is 5.04. The molecule has 0 atom stereocenters. The van der Waals surface area contributed by atoms with Crippen LogP contribution in [0.1, 0.15) is 53.4 Å². The third kappa shape index (κ3) is 4.99. The molecule has 0 unspecified atom stereocenters. The maximum Gasteiger partial charge on any atom is 0.270 e. The Labute approximate surface area is 183 Å². The summed E-state index contributed by atoms with van der Waals surface area (Å²) in [6.07, 6.45) is 5.78. The van der Waals surface area contributed by atoms with E-state index < -0.39 is 0 Å². The minimum atomic E-state index is -0.0673. The van der Waals surface area contributed by atoms with Crippen molar-refractivity contribution in [1.29, 1.82) is 0 Å². The zero-order valence-corrected chi connectivity index (χ0v) is 18.5. The lowest BCUT2D eigenvalue weighted by Crippen LogP contribution is -2.36. The van der Waals surface area contributed by atoms with Crippen LogP contribution in [0.5, 0.6) is 0 Å². The number of hydrogen-bond acceptors (Lipinski definition) is 6. The van der Waals surface area contributed by atoms with Gasteiger partial charge in [-0.2, -0.15) is 0 Å². The summed E-state index contributed by atoms with van der Waals surface area (Å²) in [6, 6.07) is 7.90. The van der Waals surface area contributed by atoms with Gasteiger partial charge in [0, 0.05) is 16.4 Å². The fraction of sp³-hybridized carbons (Fsp3) is 0.400. The summed E-state index contributed by atoms with van der Waals surface area (Å²) >= 11 is 9.18. The van der Waals surface area contributed by atoms with Crippen molar-refractivity contribution in [2.45, 2.75) is 56.0 Å². The Morgan fingerprint density at radius 3 is 2.93 bits per heavy atom. The van der Waals surface area contributed by atoms with Crippen molar-refractivity contribution in [3.05, 3.63) is 51.2 Å². The average Bonchev–Trinajstić information content (AvgIpc) is 3.34. The first-order chi connectivity index (χ1) is 14.1. The van der Waals surface area contributed by atoms with Gasteiger partial charge in [0.25, 0.3) is 5.91 Å². The monoisotopic (exact) mass is 447 g/mol. The Hall–Kier alpha value is -1.90. The number of halogens is 1. The first-order valence-electron chi connectivity index (χ1n) is 9.66. The highest BCUT2D eigenvalue weighted by Gasteiger charge is 2.19. The van der Waals surface area contributed by atoms with E-state index in [2.05, 4.69) is 20.5 Å². The molecule has 6 nitrogen and oxygen atoms in total. The molecule has 1 amide bonds. The van der Waals surface area contributed by atoms with Gasteiger partial charge in [0.1, 0.15) is 16.5 Å². The number of thiazole rings is 1. The molecule has 0 aliphatic heterocycles. The van der Waals surface area contributed by atoms with E-state index in [4.69, 9.17) is 11.6 Å². The summed E-state index contributed by atoms with van der Waals surface area (Å²) in [7, 11) is 0. The zero-order chi connectivity index (χ0) is 20.2. The number of benzene rings is 1. The highest BCUT2D eigenvalue weighted by molar-refractivity contribution is 7.98. The number of amides is 1. The van der Waals surface area contributed by atoms with E-state index in [1.165, 1.54) is 30.6 Å². The standard InChI is InChI=1S/C20H22ClN5OS2/c1-13-24-25-20(26(13)16-9-5-6-14(21)10-16)29-12-18-23-17(11-28-18)19(27)22-15-7-3-2-4-8-15/h5-6,9-11,15H,2-4,7-8,12H2,1H3,(H,22,27). The Balaban J connectivity index is 1.41. The summed E-state index contributed by atoms with van der Waals surface area (Å²) in [5.74, 6) is 1.35. The smallest absolute Gasteiger partial charge is 0.270 e. The summed E-state index contributed by atoms with van der Waals surface area (Å²) in [5.41, 5.74) is 1.43. The van der Waals surface area contributed by atoms with Gasteiger partial charge in [-0.15, -0.1) is 21.5 Å². The van der Waals surface area contributed by atoms with Gasteiger partial charge in [0.05, 0.1) is 11.4 Å². The maximum absolute atomic E-state index is 12.5. The lowest BCUT2D eigenvalue weighted by Gasteiger charge is -2.22. The first-order valence-corrected chi connectivity index (χ1v) is 11.9. The highest BCUT2D eigenvalue weighted by Crippen LogP contribution is 2.27. The topological polar surface area (TPSA) is 72.7 Å². The number of thioether (sulfide) groups is 1. The molecule has 0 spiro atoms. The van der Waals surface area contributed by atoms with Gasteiger partial charge < -0.3 is 5.32 Å². The third-order valence-corrected chi connectivity index (χ3v) is 7.12. The quantitative estimate of drug-likeness (QED) is 0.536. The number of aryl methyl sites for hydroxylation is 1. The number of carbonyl (C=O) groups excluding carboxylic acids is 1. The van der Waals surface area contributed by atoms with E-state index in [9.17, 15) is 4.79 Å². The van der Waals surface area contributed by atoms with Crippen molar-refractivity contribution in [2.24, 2.45) is 0 Å². The largest absolute Gasteiger partial charge is 0.348 e. The van der Waals surface area contributed by atoms with Gasteiger partial charge in [-0.25, -0.2) is 4.98 Å². The Kier molecular flexibility index (Phi) is 6.52. The normalized spacial score (nSPS) is 14.8. The summed E-state index contributed by atoms with van der Waals surface area (Å²) in [4.78, 5) is 17.0. The van der Waals surface area contributed by atoms with E-state index in [0.717, 1.165) is 34.5 Å². The van der Waals surface area contributed by atoms with E-state index in [0.29, 0.717) is 16.5 Å². The molecular formula is C20H22ClN5OS2. The van der Waals surface area contributed by atoms with E-state index in [-0.39, 0.29) is 11.9 Å². The Morgan fingerprint density at radius 1 is 1.31 bits per heavy atom. The van der Waals surface area contributed by atoms with Gasteiger partial charge in [-0.1, -0.05) is 48.7 Å². The van der Waals surface area contributed by atoms with Crippen molar-refractivity contribution in [3.8, 4) is 5.69 Å². The molecule has 0 radical (unpaired) electrons. The minimum Gasteiger partial charge on any atom is -0.348 e. The van der Waals surface area contributed by atoms with Crippen molar-refractivity contribution in [1.82, 2.24) is 25.1 Å². The van der Waals surface area contributed by atoms with Gasteiger partial charge in [-0.05, 0) is 38.0 Å². The molecule has 1 saturated carbocycles. The molecule has 1 aliphatic rings. The minimum absolute atomic E-state index is 0.0673. The lowest BCUT2D eigenvalue weighted by atomic mass is 9.95. The van der Waals surface area contributed by atoms with Gasteiger partial charge in [0.2, 0.25) is 0 Å². The van der Waals surface area contributed by atoms with Crippen molar-refractivity contribution in [3.63, 3.8) is 0 Å². The lowest BCUT2D eigenvalue weighted by molar-refractivity contribution is 0.0923. The molecule has 152 valence electrons. The number of carbonyl (C=O) groups is 1. The molecule has 2 aromatic heterocycles. The maximum atomic E-state index is 12.5. The summed E-state index contributed by atoms with van der Waals surface area (Å²) in [6.45, 7) is 1.91. The first kappa shape index (κ1) is 20.4. The molecule has 0 bridgehead atoms. The molecule has 4 rings (SSSR count). The fourth-order valence-corrected chi connectivity index (χ4v) is 5.44. The van der Waals surface area contributed by atoms with Gasteiger partial charge in [-0.3, -0.25) is 9.36 Å². The van der Waals surface area contributed by atoms with Crippen LogP contribution in [0.15, 0.2) is 34.8 Å². The van der Waals surface area contributed by atoms with Crippen LogP contribution in [-0.4, -0.2) is 31.7 Å². The summed E-state index contributed by atoms with van der Waals surface area (Å²) < 4.78 is 1.97. The van der Waals surface area contributed by atoms with Crippen LogP contribution in [0.4, 0.5) is 0 Å². The number of hydrogen-bond donors (Lipinski definition) is 1. The zero-order valence-electron chi connectivity index (χ0n) is 16.1. The van der Waals surface area contributed by atoms with Crippen molar-refractivity contribution >= 4 is 40.6 Å². The van der Waals surface area contributed by atoms with Crippen molar-refractivity contribution < 1.29 is 4.79 Å². The van der Waals surface area contributed by atoms with E-state index in [1.54, 1.807) is 11.8 Å². The van der Waals surface area contributed by atoms with Crippen LogP contribution in [0.25, 0.3) is 5.69 Å². The average molecular weight is 448 g/mol. The van der Waals surface area contributed by atoms with E-state index >= 15 is 0 Å². The number of aromatic nitrogens is 4. The third-order valence-electron chi connectivity index (χ3n) is 4.91. The molecule has 3 aromatic rings. The number of rotatable bonds is 6. The number of nitrogens with zero attached hydrogens (tertiary/aromatic N) is 4. The summed E-state index contributed by atoms with van der Waals surface area (Å²) in [5, 5.41) is 15.8. The molecule has 9 heteroatoms. The molecule has 1 fully saturated rings. The molecule has 2 heterocycles. The van der Waals surface area contributed by atoms with Crippen molar-refractivity contribution in [2.75, 3.05) is 0 Å². The fourth-order valence-electron chi connectivity index (χ4n) is 3.46. The van der Waals surface area contributed by atoms with Crippen LogP contribution in [-0.2, 0) is 5.75 Å². The molecule has 1 aromatic carbocycles. The Morgan fingerprint density at radius 2 is 2.14 bits per heavy atom. The van der Waals surface area contributed by atoms with Gasteiger partial charge >= 0.3 is 0 Å². The molecule has 29 heavy (non-hydrogen) atoms. The highest BCUT2D eigenvalue weighted by atomic mass is 35.5. The second kappa shape index (κ2) is 9.28. The second-order valence-electron chi connectivity index (χ2n) is 7.07. The van der Waals surface area contributed by atoms with Crippen LogP contribution in [0, 0.1) is 6.92 Å². The van der Waals surface area contributed by atoms with E-state index in [1.807, 2.05) is 41.1 Å². The van der Waals surface area contributed by atoms with Crippen LogP contribution >= 0.6 is 34.7 Å². The molecule has 1 N–H and O–H groups in total. The molecule has 0 saturated heterocycles. The molecular weight excluding hydrogens is 426 g/mol. The van der Waals surface area contributed by atoms with Crippen LogP contribution in [0.2, 0.25) is 5.02 Å². The SMILES string of the molecule is Cc1nnc(SCc2nc(C(=O)NC3CCCCC3)cs2)n1-c1cccc(Cl)c1. The predicted molar refractivity (Wildman–Crippen MR) is 117 cm³/mol. The van der Waals surface area contributed by atoms with Crippen LogP contribution in [0.3, 0.4) is 0 Å². The number of nitrogens with one attached hydrogen (secondary N) is 1. The van der Waals surface area contributed by atoms with Crippen LogP contribution < -0.4 is 5.32 Å². The molecule has 1 aliphatic carbocycles.